The highest BCUT2D eigenvalue weighted by atomic mass is 35.5. The molecule has 0 saturated carbocycles. The summed E-state index contributed by atoms with van der Waals surface area (Å²) in [6, 6.07) is 18.1. The highest BCUT2D eigenvalue weighted by molar-refractivity contribution is 6.30. The highest BCUT2D eigenvalue weighted by Crippen LogP contribution is 2.26. The first kappa shape index (κ1) is 16.8. The highest BCUT2D eigenvalue weighted by Gasteiger charge is 2.22. The maximum absolute atomic E-state index is 12.6. The zero-order valence-corrected chi connectivity index (χ0v) is 14.5. The van der Waals surface area contributed by atoms with Gasteiger partial charge >= 0.3 is 6.03 Å². The van der Waals surface area contributed by atoms with E-state index in [0.717, 1.165) is 31.5 Å². The molecule has 2 amide bonds. The first-order chi connectivity index (χ1) is 11.7. The van der Waals surface area contributed by atoms with E-state index >= 15 is 0 Å². The average Bonchev–Trinajstić information content (AvgIpc) is 2.88. The number of amides is 2. The molecular formula is C20H23ClN2O. The van der Waals surface area contributed by atoms with E-state index in [1.807, 2.05) is 35.2 Å². The van der Waals surface area contributed by atoms with Gasteiger partial charge in [0.1, 0.15) is 0 Å². The van der Waals surface area contributed by atoms with Crippen molar-refractivity contribution in [1.29, 1.82) is 0 Å². The monoisotopic (exact) mass is 342 g/mol. The zero-order chi connectivity index (χ0) is 16.8. The van der Waals surface area contributed by atoms with Crippen molar-refractivity contribution < 1.29 is 4.79 Å². The molecule has 1 aliphatic rings. The van der Waals surface area contributed by atoms with Crippen molar-refractivity contribution in [3.63, 3.8) is 0 Å². The smallest absolute Gasteiger partial charge is 0.317 e. The molecule has 2 aromatic rings. The van der Waals surface area contributed by atoms with Gasteiger partial charge in [0.05, 0.1) is 0 Å². The van der Waals surface area contributed by atoms with Crippen LogP contribution in [0.5, 0.6) is 0 Å². The molecule has 3 nitrogen and oxygen atoms in total. The molecule has 1 N–H and O–H groups in total. The number of nitrogens with one attached hydrogen (secondary N) is 1. The molecule has 1 fully saturated rings. The third-order valence-electron chi connectivity index (χ3n) is 4.59. The minimum absolute atomic E-state index is 0.0211. The van der Waals surface area contributed by atoms with Gasteiger partial charge in [0.25, 0.3) is 0 Å². The third kappa shape index (κ3) is 4.51. The Bertz CT molecular complexity index is 657. The van der Waals surface area contributed by atoms with Crippen molar-refractivity contribution in [2.45, 2.75) is 31.7 Å². The summed E-state index contributed by atoms with van der Waals surface area (Å²) in [6.07, 6.45) is 3.38. The van der Waals surface area contributed by atoms with Crippen LogP contribution in [0.4, 0.5) is 4.79 Å². The molecule has 2 aromatic carbocycles. The van der Waals surface area contributed by atoms with Crippen LogP contribution in [-0.4, -0.2) is 24.0 Å². The lowest BCUT2D eigenvalue weighted by Gasteiger charge is -2.25. The minimum atomic E-state index is 0.0211. The number of hydrogen-bond acceptors (Lipinski definition) is 1. The predicted octanol–water partition coefficient (Wildman–Crippen LogP) is 4.82. The standard InChI is InChI=1S/C20H23ClN2O/c21-19-11-9-16(10-12-19)14-22-20(24)23-13-5-4-8-18(15-23)17-6-2-1-3-7-17/h1-3,6-7,9-12,18H,4-5,8,13-15H2,(H,22,24). The summed E-state index contributed by atoms with van der Waals surface area (Å²) in [4.78, 5) is 14.5. The fourth-order valence-electron chi connectivity index (χ4n) is 3.22. The topological polar surface area (TPSA) is 32.3 Å². The summed E-state index contributed by atoms with van der Waals surface area (Å²) in [6.45, 7) is 2.15. The molecule has 4 heteroatoms. The summed E-state index contributed by atoms with van der Waals surface area (Å²) in [5, 5.41) is 3.74. The molecule has 3 rings (SSSR count). The van der Waals surface area contributed by atoms with Crippen molar-refractivity contribution in [2.75, 3.05) is 13.1 Å². The van der Waals surface area contributed by atoms with Crippen LogP contribution in [-0.2, 0) is 6.54 Å². The summed E-state index contributed by atoms with van der Waals surface area (Å²) in [7, 11) is 0. The molecule has 1 aliphatic heterocycles. The fourth-order valence-corrected chi connectivity index (χ4v) is 3.34. The largest absolute Gasteiger partial charge is 0.334 e. The average molecular weight is 343 g/mol. The van der Waals surface area contributed by atoms with Crippen LogP contribution in [0.25, 0.3) is 0 Å². The van der Waals surface area contributed by atoms with Gasteiger partial charge in [-0.2, -0.15) is 0 Å². The van der Waals surface area contributed by atoms with Crippen LogP contribution in [0.1, 0.15) is 36.3 Å². The molecule has 24 heavy (non-hydrogen) atoms. The zero-order valence-electron chi connectivity index (χ0n) is 13.7. The second-order valence-corrected chi connectivity index (χ2v) is 6.77. The Hall–Kier alpha value is -2.00. The molecule has 1 unspecified atom stereocenters. The van der Waals surface area contributed by atoms with E-state index < -0.39 is 0 Å². The number of hydrogen-bond donors (Lipinski definition) is 1. The van der Waals surface area contributed by atoms with Gasteiger partial charge in [-0.1, -0.05) is 60.5 Å². The van der Waals surface area contributed by atoms with E-state index in [0.29, 0.717) is 17.5 Å². The normalized spacial score (nSPS) is 18.0. The molecule has 1 atom stereocenters. The fraction of sp³-hybridized carbons (Fsp3) is 0.350. The maximum Gasteiger partial charge on any atom is 0.317 e. The van der Waals surface area contributed by atoms with Crippen LogP contribution in [0.3, 0.4) is 0 Å². The second-order valence-electron chi connectivity index (χ2n) is 6.33. The van der Waals surface area contributed by atoms with Gasteiger partial charge in [0, 0.05) is 30.6 Å². The van der Waals surface area contributed by atoms with Crippen molar-refractivity contribution in [1.82, 2.24) is 10.2 Å². The number of nitrogens with zero attached hydrogens (tertiary/aromatic N) is 1. The Morgan fingerprint density at radius 3 is 2.58 bits per heavy atom. The molecule has 0 radical (unpaired) electrons. The second kappa shape index (κ2) is 8.20. The maximum atomic E-state index is 12.6. The number of carbonyl (C=O) groups is 1. The molecule has 0 spiro atoms. The summed E-state index contributed by atoms with van der Waals surface area (Å²) in [5.41, 5.74) is 2.39. The lowest BCUT2D eigenvalue weighted by Crippen LogP contribution is -2.41. The summed E-state index contributed by atoms with van der Waals surface area (Å²) >= 11 is 5.89. The number of carbonyl (C=O) groups excluding carboxylic acids is 1. The Morgan fingerprint density at radius 2 is 1.83 bits per heavy atom. The van der Waals surface area contributed by atoms with E-state index in [4.69, 9.17) is 11.6 Å². The molecule has 0 aromatic heterocycles. The molecule has 0 aliphatic carbocycles. The predicted molar refractivity (Wildman–Crippen MR) is 98.3 cm³/mol. The number of urea groups is 1. The van der Waals surface area contributed by atoms with Crippen LogP contribution >= 0.6 is 11.6 Å². The van der Waals surface area contributed by atoms with Crippen molar-refractivity contribution in [3.8, 4) is 0 Å². The van der Waals surface area contributed by atoms with E-state index in [9.17, 15) is 4.79 Å². The Morgan fingerprint density at radius 1 is 1.08 bits per heavy atom. The number of halogens is 1. The van der Waals surface area contributed by atoms with Crippen LogP contribution in [0.2, 0.25) is 5.02 Å². The summed E-state index contributed by atoms with van der Waals surface area (Å²) < 4.78 is 0. The number of likely N-dealkylation sites (tertiary alicyclic amines) is 1. The minimum Gasteiger partial charge on any atom is -0.334 e. The van der Waals surface area contributed by atoms with Gasteiger partial charge in [0.2, 0.25) is 0 Å². The van der Waals surface area contributed by atoms with E-state index in [2.05, 4.69) is 29.6 Å². The quantitative estimate of drug-likeness (QED) is 0.852. The van der Waals surface area contributed by atoms with Crippen LogP contribution in [0.15, 0.2) is 54.6 Å². The molecular weight excluding hydrogens is 320 g/mol. The first-order valence-corrected chi connectivity index (χ1v) is 8.92. The molecule has 1 heterocycles. The number of benzene rings is 2. The van der Waals surface area contributed by atoms with Crippen LogP contribution < -0.4 is 5.32 Å². The SMILES string of the molecule is O=C(NCc1ccc(Cl)cc1)N1CCCCC(c2ccccc2)C1. The molecule has 126 valence electrons. The third-order valence-corrected chi connectivity index (χ3v) is 4.84. The summed E-state index contributed by atoms with van der Waals surface area (Å²) in [5.74, 6) is 0.426. The van der Waals surface area contributed by atoms with Crippen molar-refractivity contribution >= 4 is 17.6 Å². The Labute approximate surface area is 148 Å². The molecule has 0 bridgehead atoms. The lowest BCUT2D eigenvalue weighted by molar-refractivity contribution is 0.197. The van der Waals surface area contributed by atoms with Gasteiger partial charge < -0.3 is 10.2 Å². The van der Waals surface area contributed by atoms with E-state index in [1.165, 1.54) is 12.0 Å². The van der Waals surface area contributed by atoms with Crippen LogP contribution in [0, 0.1) is 0 Å². The van der Waals surface area contributed by atoms with Gasteiger partial charge in [-0.05, 0) is 36.1 Å². The Balaban J connectivity index is 1.59. The van der Waals surface area contributed by atoms with E-state index in [-0.39, 0.29) is 6.03 Å². The van der Waals surface area contributed by atoms with E-state index in [1.54, 1.807) is 0 Å². The van der Waals surface area contributed by atoms with Crippen molar-refractivity contribution in [3.05, 3.63) is 70.7 Å². The Kier molecular flexibility index (Phi) is 5.76. The van der Waals surface area contributed by atoms with Gasteiger partial charge in [-0.15, -0.1) is 0 Å². The first-order valence-electron chi connectivity index (χ1n) is 8.54. The number of rotatable bonds is 3. The lowest BCUT2D eigenvalue weighted by atomic mass is 9.94. The van der Waals surface area contributed by atoms with Crippen molar-refractivity contribution in [2.24, 2.45) is 0 Å². The molecule has 1 saturated heterocycles. The van der Waals surface area contributed by atoms with Gasteiger partial charge in [0.15, 0.2) is 0 Å². The van der Waals surface area contributed by atoms with Gasteiger partial charge in [-0.3, -0.25) is 0 Å². The van der Waals surface area contributed by atoms with Gasteiger partial charge in [-0.25, -0.2) is 4.79 Å².